The van der Waals surface area contributed by atoms with Gasteiger partial charge in [0.05, 0.1) is 24.0 Å². The average Bonchev–Trinajstić information content (AvgIpc) is 3.75. The number of hydrogen-bond donors (Lipinski definition) is 1. The van der Waals surface area contributed by atoms with E-state index in [0.29, 0.717) is 24.3 Å². The second-order valence-electron chi connectivity index (χ2n) is 12.6. The smallest absolute Gasteiger partial charge is 0.267 e. The first-order chi connectivity index (χ1) is 19.5. The molecule has 9 heteroatoms. The fraction of sp³-hybridized carbons (Fsp3) is 0.406. The molecule has 218 valence electrons. The fourth-order valence-electron chi connectivity index (χ4n) is 5.29. The minimum absolute atomic E-state index is 0.138. The highest BCUT2D eigenvalue weighted by Crippen LogP contribution is 2.45. The Kier molecular flexibility index (Phi) is 8.68. The van der Waals surface area contributed by atoms with Crippen LogP contribution in [0.1, 0.15) is 51.8 Å². The van der Waals surface area contributed by atoms with E-state index >= 15 is 4.39 Å². The summed E-state index contributed by atoms with van der Waals surface area (Å²) in [7, 11) is -5.46. The summed E-state index contributed by atoms with van der Waals surface area (Å²) in [6, 6.07) is 24.3. The molecule has 1 saturated carbocycles. The fourth-order valence-corrected chi connectivity index (χ4v) is 9.31. The van der Waals surface area contributed by atoms with Gasteiger partial charge in [-0.3, -0.25) is 9.69 Å². The number of halogens is 1. The monoisotopic (exact) mass is 594 g/mol. The summed E-state index contributed by atoms with van der Waals surface area (Å²) in [6.07, 6.45) is 1.87. The molecule has 1 amide bonds. The molecule has 41 heavy (non-hydrogen) atoms. The number of benzene rings is 3. The first-order valence-corrected chi connectivity index (χ1v) is 19.7. The van der Waals surface area contributed by atoms with E-state index in [2.05, 4.69) is 77.8 Å². The number of nitrogens with zero attached hydrogens (tertiary/aromatic N) is 1. The number of amides is 1. The molecule has 1 aliphatic carbocycles. The van der Waals surface area contributed by atoms with E-state index in [4.69, 9.17) is 4.74 Å². The topological polar surface area (TPSA) is 75.7 Å². The third-order valence-corrected chi connectivity index (χ3v) is 11.1. The van der Waals surface area contributed by atoms with Crippen molar-refractivity contribution >= 4 is 24.0 Å². The van der Waals surface area contributed by atoms with Gasteiger partial charge in [-0.1, -0.05) is 80.3 Å². The zero-order valence-corrected chi connectivity index (χ0v) is 25.8. The lowest BCUT2D eigenvalue weighted by atomic mass is 9.90. The lowest BCUT2D eigenvalue weighted by molar-refractivity contribution is 0.0375. The number of hydrogen-bond acceptors (Lipinski definition) is 5. The molecular weight excluding hydrogens is 556 g/mol. The first kappa shape index (κ1) is 29.5. The summed E-state index contributed by atoms with van der Waals surface area (Å²) in [5.41, 5.74) is 3.01. The van der Waals surface area contributed by atoms with Crippen LogP contribution in [-0.2, 0) is 10.0 Å². The number of carbonyl (C=O) groups excluding carboxylic acids is 1. The Labute approximate surface area is 244 Å². The van der Waals surface area contributed by atoms with Crippen molar-refractivity contribution in [3.8, 4) is 5.75 Å². The number of likely N-dealkylation sites (tertiary alicyclic amines) is 1. The number of sulfonamides is 1. The maximum Gasteiger partial charge on any atom is 0.267 e. The van der Waals surface area contributed by atoms with Crippen LogP contribution < -0.4 is 9.46 Å². The van der Waals surface area contributed by atoms with E-state index in [1.54, 1.807) is 0 Å². The van der Waals surface area contributed by atoms with Crippen LogP contribution >= 0.6 is 0 Å². The van der Waals surface area contributed by atoms with E-state index in [1.165, 1.54) is 23.3 Å². The molecular formula is C32H39FN2O4SSi. The minimum Gasteiger partial charge on any atom is -0.493 e. The van der Waals surface area contributed by atoms with E-state index in [-0.39, 0.29) is 23.3 Å². The summed E-state index contributed by atoms with van der Waals surface area (Å²) in [5, 5.41) is 0. The van der Waals surface area contributed by atoms with Gasteiger partial charge in [0.2, 0.25) is 10.0 Å². The van der Waals surface area contributed by atoms with E-state index in [9.17, 15) is 13.2 Å². The highest BCUT2D eigenvalue weighted by atomic mass is 32.2. The van der Waals surface area contributed by atoms with Gasteiger partial charge < -0.3 is 4.74 Å². The van der Waals surface area contributed by atoms with Crippen molar-refractivity contribution in [3.63, 3.8) is 0 Å². The lowest BCUT2D eigenvalue weighted by Crippen LogP contribution is -2.51. The maximum absolute atomic E-state index is 15.1. The van der Waals surface area contributed by atoms with Crippen LogP contribution in [0.15, 0.2) is 72.8 Å². The maximum atomic E-state index is 15.1. The Morgan fingerprint density at radius 1 is 1.00 bits per heavy atom. The van der Waals surface area contributed by atoms with Gasteiger partial charge in [-0.15, -0.1) is 0 Å². The van der Waals surface area contributed by atoms with E-state index < -0.39 is 29.8 Å². The summed E-state index contributed by atoms with van der Waals surface area (Å²) in [5.74, 6) is -0.900. The van der Waals surface area contributed by atoms with Crippen LogP contribution in [0.4, 0.5) is 4.39 Å². The molecule has 0 spiro atoms. The molecule has 2 fully saturated rings. The third kappa shape index (κ3) is 7.64. The van der Waals surface area contributed by atoms with E-state index in [1.807, 2.05) is 12.1 Å². The van der Waals surface area contributed by atoms with Crippen molar-refractivity contribution in [1.82, 2.24) is 9.62 Å². The van der Waals surface area contributed by atoms with Gasteiger partial charge in [0.25, 0.3) is 5.91 Å². The van der Waals surface area contributed by atoms with Gasteiger partial charge in [-0.2, -0.15) is 0 Å². The highest BCUT2D eigenvalue weighted by molar-refractivity contribution is 7.90. The van der Waals surface area contributed by atoms with Crippen LogP contribution in [-0.4, -0.2) is 52.7 Å². The molecule has 0 unspecified atom stereocenters. The number of rotatable bonds is 12. The minimum atomic E-state index is -3.84. The zero-order chi connectivity index (χ0) is 29.2. The lowest BCUT2D eigenvalue weighted by Gasteiger charge is -2.44. The standard InChI is InChI=1S/C32H39FN2O4SSi/c1-41(2,3)17-16-40(37,38)34-32(36)28-18-27(24-14-15-24)30(19-29(28)33)39-22-23-20-35(21-23)31(25-10-6-4-7-11-25)26-12-8-5-9-13-26/h4-13,18-19,23-24,31H,14-17,20-22H2,1-3H3,(H,34,36). The molecule has 1 saturated heterocycles. The van der Waals surface area contributed by atoms with Crippen molar-refractivity contribution in [2.24, 2.45) is 5.92 Å². The van der Waals surface area contributed by atoms with Gasteiger partial charge in [0, 0.05) is 33.1 Å². The second kappa shape index (κ2) is 12.1. The Morgan fingerprint density at radius 3 is 2.12 bits per heavy atom. The van der Waals surface area contributed by atoms with Crippen molar-refractivity contribution in [2.45, 2.75) is 50.5 Å². The van der Waals surface area contributed by atoms with Crippen molar-refractivity contribution in [2.75, 3.05) is 25.4 Å². The van der Waals surface area contributed by atoms with Gasteiger partial charge in [-0.25, -0.2) is 17.5 Å². The van der Waals surface area contributed by atoms with Crippen molar-refractivity contribution in [1.29, 1.82) is 0 Å². The molecule has 0 radical (unpaired) electrons. The molecule has 0 bridgehead atoms. The molecule has 3 aromatic rings. The number of ether oxygens (including phenoxy) is 1. The highest BCUT2D eigenvalue weighted by Gasteiger charge is 2.35. The molecule has 6 nitrogen and oxygen atoms in total. The van der Waals surface area contributed by atoms with Crippen LogP contribution in [0.3, 0.4) is 0 Å². The summed E-state index contributed by atoms with van der Waals surface area (Å²) < 4.78 is 48.3. The largest absolute Gasteiger partial charge is 0.493 e. The summed E-state index contributed by atoms with van der Waals surface area (Å²) in [6.45, 7) is 8.35. The molecule has 0 atom stereocenters. The predicted molar refractivity (Wildman–Crippen MR) is 163 cm³/mol. The Balaban J connectivity index is 1.24. The van der Waals surface area contributed by atoms with Crippen molar-refractivity contribution < 1.29 is 22.3 Å². The number of nitrogens with one attached hydrogen (secondary N) is 1. The van der Waals surface area contributed by atoms with Crippen LogP contribution in [0, 0.1) is 11.7 Å². The average molecular weight is 595 g/mol. The molecule has 1 aliphatic heterocycles. The molecule has 3 aromatic carbocycles. The third-order valence-electron chi connectivity index (χ3n) is 7.79. The van der Waals surface area contributed by atoms with Gasteiger partial charge in [0.15, 0.2) is 0 Å². The molecule has 5 rings (SSSR count). The molecule has 0 aromatic heterocycles. The number of carbonyl (C=O) groups is 1. The van der Waals surface area contributed by atoms with Gasteiger partial charge in [0.1, 0.15) is 11.6 Å². The molecule has 1 N–H and O–H groups in total. The summed E-state index contributed by atoms with van der Waals surface area (Å²) in [4.78, 5) is 15.2. The van der Waals surface area contributed by atoms with Gasteiger partial charge in [-0.05, 0) is 47.6 Å². The predicted octanol–water partition coefficient (Wildman–Crippen LogP) is 6.20. The zero-order valence-electron chi connectivity index (χ0n) is 24.0. The van der Waals surface area contributed by atoms with Crippen LogP contribution in [0.25, 0.3) is 0 Å². The Hall–Kier alpha value is -3.01. The first-order valence-electron chi connectivity index (χ1n) is 14.3. The Bertz CT molecular complexity index is 1430. The van der Waals surface area contributed by atoms with E-state index in [0.717, 1.165) is 31.5 Å². The van der Waals surface area contributed by atoms with Gasteiger partial charge >= 0.3 is 0 Å². The normalized spacial score (nSPS) is 16.4. The summed E-state index contributed by atoms with van der Waals surface area (Å²) >= 11 is 0. The SMILES string of the molecule is C[Si](C)(C)CCS(=O)(=O)NC(=O)c1cc(C2CC2)c(OCC2CN(C(c3ccccc3)c3ccccc3)C2)cc1F. The Morgan fingerprint density at radius 2 is 1.59 bits per heavy atom. The van der Waals surface area contributed by atoms with Crippen LogP contribution in [0.2, 0.25) is 25.7 Å². The van der Waals surface area contributed by atoms with Crippen LogP contribution in [0.5, 0.6) is 5.75 Å². The molecule has 2 aliphatic rings. The second-order valence-corrected chi connectivity index (χ2v) is 20.0. The quantitative estimate of drug-likeness (QED) is 0.253. The van der Waals surface area contributed by atoms with Crippen molar-refractivity contribution in [3.05, 3.63) is 101 Å². The molecule has 1 heterocycles.